The Balaban J connectivity index is 1.42. The number of hydrogen-bond acceptors (Lipinski definition) is 5. The summed E-state index contributed by atoms with van der Waals surface area (Å²) in [5, 5.41) is 2.97. The van der Waals surface area contributed by atoms with Gasteiger partial charge >= 0.3 is 0 Å². The topological polar surface area (TPSA) is 74.6 Å². The van der Waals surface area contributed by atoms with Crippen molar-refractivity contribution < 1.29 is 19.0 Å². The van der Waals surface area contributed by atoms with E-state index in [1.807, 2.05) is 54.6 Å². The monoisotopic (exact) mass is 445 g/mol. The van der Waals surface area contributed by atoms with Crippen LogP contribution < -0.4 is 19.5 Å². The summed E-state index contributed by atoms with van der Waals surface area (Å²) in [4.78, 5) is 17.4. The maximum atomic E-state index is 12.6. The molecule has 0 radical (unpaired) electrons. The first kappa shape index (κ1) is 22.2. The molecule has 0 atom stereocenters. The third-order valence-electron chi connectivity index (χ3n) is 5.31. The van der Waals surface area contributed by atoms with Gasteiger partial charge in [-0.1, -0.05) is 24.3 Å². The van der Waals surface area contributed by atoms with Crippen LogP contribution in [-0.4, -0.2) is 36.3 Å². The van der Waals surface area contributed by atoms with Gasteiger partial charge in [-0.25, -0.2) is 4.98 Å². The standard InChI is InChI=1S/C26H27N3O4/c1-31-20-9-5-8-19(16-20)26(30)27-18-25-28-23-12-3-4-13-24(23)29(25)14-7-15-33-22-11-6-10-21(17-22)32-2/h3-6,8-13,16-17H,7,14-15,18H2,1-2H3,(H,27,30). The van der Waals surface area contributed by atoms with Crippen LogP contribution in [0.3, 0.4) is 0 Å². The highest BCUT2D eigenvalue weighted by Crippen LogP contribution is 2.20. The first-order valence-electron chi connectivity index (χ1n) is 10.8. The summed E-state index contributed by atoms with van der Waals surface area (Å²) in [5.74, 6) is 2.81. The third-order valence-corrected chi connectivity index (χ3v) is 5.31. The molecule has 0 unspecified atom stereocenters. The number of fused-ring (bicyclic) bond motifs is 1. The van der Waals surface area contributed by atoms with Crippen LogP contribution in [0.25, 0.3) is 11.0 Å². The summed E-state index contributed by atoms with van der Waals surface area (Å²) in [5.41, 5.74) is 2.48. The van der Waals surface area contributed by atoms with E-state index in [9.17, 15) is 4.79 Å². The molecule has 0 aliphatic heterocycles. The first-order chi connectivity index (χ1) is 16.2. The number of aromatic nitrogens is 2. The maximum absolute atomic E-state index is 12.6. The number of benzene rings is 3. The van der Waals surface area contributed by atoms with E-state index in [-0.39, 0.29) is 5.91 Å². The Kier molecular flexibility index (Phi) is 7.09. The van der Waals surface area contributed by atoms with Crippen LogP contribution in [0.1, 0.15) is 22.6 Å². The quantitative estimate of drug-likeness (QED) is 0.365. The van der Waals surface area contributed by atoms with Gasteiger partial charge in [-0.15, -0.1) is 0 Å². The average Bonchev–Trinajstić information content (AvgIpc) is 3.22. The summed E-state index contributed by atoms with van der Waals surface area (Å²) < 4.78 is 18.5. The molecule has 3 aromatic carbocycles. The Hall–Kier alpha value is -4.00. The maximum Gasteiger partial charge on any atom is 0.251 e. The number of ether oxygens (including phenoxy) is 3. The molecule has 33 heavy (non-hydrogen) atoms. The van der Waals surface area contributed by atoms with Gasteiger partial charge in [0.1, 0.15) is 23.1 Å². The molecular formula is C26H27N3O4. The minimum Gasteiger partial charge on any atom is -0.497 e. The SMILES string of the molecule is COc1cccc(OCCCn2c(CNC(=O)c3cccc(OC)c3)nc3ccccc32)c1. The minimum absolute atomic E-state index is 0.172. The van der Waals surface area contributed by atoms with Gasteiger partial charge in [-0.05, 0) is 48.9 Å². The van der Waals surface area contributed by atoms with E-state index in [1.54, 1.807) is 32.4 Å². The number of amides is 1. The third kappa shape index (κ3) is 5.44. The first-order valence-corrected chi connectivity index (χ1v) is 10.8. The fraction of sp³-hybridized carbons (Fsp3) is 0.231. The Morgan fingerprint density at radius 3 is 2.45 bits per heavy atom. The number of nitrogens with zero attached hydrogens (tertiary/aromatic N) is 2. The van der Waals surface area contributed by atoms with Crippen LogP contribution in [0.5, 0.6) is 17.2 Å². The fourth-order valence-electron chi connectivity index (χ4n) is 3.64. The van der Waals surface area contributed by atoms with Crippen LogP contribution in [0.15, 0.2) is 72.8 Å². The lowest BCUT2D eigenvalue weighted by atomic mass is 10.2. The molecule has 7 nitrogen and oxygen atoms in total. The van der Waals surface area contributed by atoms with Gasteiger partial charge in [0.2, 0.25) is 0 Å². The smallest absolute Gasteiger partial charge is 0.251 e. The van der Waals surface area contributed by atoms with E-state index in [0.29, 0.717) is 24.5 Å². The van der Waals surface area contributed by atoms with Gasteiger partial charge in [0.15, 0.2) is 0 Å². The number of imidazole rings is 1. The average molecular weight is 446 g/mol. The van der Waals surface area contributed by atoms with Crippen molar-refractivity contribution in [2.24, 2.45) is 0 Å². The molecular weight excluding hydrogens is 418 g/mol. The molecule has 7 heteroatoms. The predicted octanol–water partition coefficient (Wildman–Crippen LogP) is 4.45. The lowest BCUT2D eigenvalue weighted by molar-refractivity contribution is 0.0949. The van der Waals surface area contributed by atoms with Crippen molar-refractivity contribution in [2.75, 3.05) is 20.8 Å². The molecule has 0 spiro atoms. The summed E-state index contributed by atoms with van der Waals surface area (Å²) in [6, 6.07) is 22.6. The predicted molar refractivity (Wildman–Crippen MR) is 127 cm³/mol. The second-order valence-electron chi connectivity index (χ2n) is 7.46. The van der Waals surface area contributed by atoms with E-state index < -0.39 is 0 Å². The second-order valence-corrected chi connectivity index (χ2v) is 7.46. The number of para-hydroxylation sites is 2. The summed E-state index contributed by atoms with van der Waals surface area (Å²) in [7, 11) is 3.22. The second kappa shape index (κ2) is 10.5. The Morgan fingerprint density at radius 2 is 1.64 bits per heavy atom. The van der Waals surface area contributed by atoms with E-state index >= 15 is 0 Å². The molecule has 1 aromatic heterocycles. The number of rotatable bonds is 10. The van der Waals surface area contributed by atoms with Crippen molar-refractivity contribution in [3.63, 3.8) is 0 Å². The molecule has 1 amide bonds. The molecule has 4 aromatic rings. The van der Waals surface area contributed by atoms with Crippen molar-refractivity contribution in [3.05, 3.63) is 84.2 Å². The zero-order valence-electron chi connectivity index (χ0n) is 18.8. The van der Waals surface area contributed by atoms with Crippen molar-refractivity contribution in [1.82, 2.24) is 14.9 Å². The lowest BCUT2D eigenvalue weighted by Crippen LogP contribution is -2.25. The van der Waals surface area contributed by atoms with Crippen molar-refractivity contribution in [2.45, 2.75) is 19.5 Å². The summed E-state index contributed by atoms with van der Waals surface area (Å²) in [6.45, 7) is 1.59. The molecule has 0 aliphatic rings. The highest BCUT2D eigenvalue weighted by Gasteiger charge is 2.13. The number of carbonyl (C=O) groups excluding carboxylic acids is 1. The van der Waals surface area contributed by atoms with Crippen LogP contribution in [0, 0.1) is 0 Å². The Bertz CT molecular complexity index is 1240. The van der Waals surface area contributed by atoms with Crippen LogP contribution in [0.4, 0.5) is 0 Å². The minimum atomic E-state index is -0.172. The normalized spacial score (nSPS) is 10.7. The number of hydrogen-bond donors (Lipinski definition) is 1. The van der Waals surface area contributed by atoms with Gasteiger partial charge in [0.25, 0.3) is 5.91 Å². The molecule has 170 valence electrons. The number of methoxy groups -OCH3 is 2. The van der Waals surface area contributed by atoms with Crippen LogP contribution in [0.2, 0.25) is 0 Å². The van der Waals surface area contributed by atoms with Crippen LogP contribution >= 0.6 is 0 Å². The van der Waals surface area contributed by atoms with Gasteiger partial charge in [-0.2, -0.15) is 0 Å². The van der Waals surface area contributed by atoms with Crippen LogP contribution in [-0.2, 0) is 13.1 Å². The van der Waals surface area contributed by atoms with Gasteiger partial charge in [0.05, 0.1) is 38.4 Å². The van der Waals surface area contributed by atoms with Crippen molar-refractivity contribution in [3.8, 4) is 17.2 Å². The van der Waals surface area contributed by atoms with E-state index in [0.717, 1.165) is 41.3 Å². The molecule has 0 bridgehead atoms. The Labute approximate surface area is 192 Å². The molecule has 1 heterocycles. The Morgan fingerprint density at radius 1 is 0.909 bits per heavy atom. The molecule has 0 aliphatic carbocycles. The zero-order valence-corrected chi connectivity index (χ0v) is 18.8. The number of carbonyl (C=O) groups is 1. The van der Waals surface area contributed by atoms with Gasteiger partial charge in [0, 0.05) is 18.2 Å². The molecule has 4 rings (SSSR count). The van der Waals surface area contributed by atoms with Gasteiger partial charge < -0.3 is 24.1 Å². The van der Waals surface area contributed by atoms with Gasteiger partial charge in [-0.3, -0.25) is 4.79 Å². The zero-order chi connectivity index (χ0) is 23.0. The number of nitrogens with one attached hydrogen (secondary N) is 1. The summed E-state index contributed by atoms with van der Waals surface area (Å²) in [6.07, 6.45) is 0.786. The fourth-order valence-corrected chi connectivity index (χ4v) is 3.64. The van der Waals surface area contributed by atoms with E-state index in [4.69, 9.17) is 19.2 Å². The van der Waals surface area contributed by atoms with E-state index in [2.05, 4.69) is 9.88 Å². The number of aryl methyl sites for hydroxylation is 1. The summed E-state index contributed by atoms with van der Waals surface area (Å²) >= 11 is 0. The molecule has 1 N–H and O–H groups in total. The molecule has 0 fully saturated rings. The van der Waals surface area contributed by atoms with Crippen molar-refractivity contribution >= 4 is 16.9 Å². The lowest BCUT2D eigenvalue weighted by Gasteiger charge is -2.12. The van der Waals surface area contributed by atoms with Crippen molar-refractivity contribution in [1.29, 1.82) is 0 Å². The highest BCUT2D eigenvalue weighted by molar-refractivity contribution is 5.94. The molecule has 0 saturated heterocycles. The largest absolute Gasteiger partial charge is 0.497 e. The molecule has 0 saturated carbocycles. The van der Waals surface area contributed by atoms with E-state index in [1.165, 1.54) is 0 Å². The highest BCUT2D eigenvalue weighted by atomic mass is 16.5.